The van der Waals surface area contributed by atoms with Gasteiger partial charge in [-0.25, -0.2) is 4.98 Å². The summed E-state index contributed by atoms with van der Waals surface area (Å²) in [4.78, 5) is 7.03. The van der Waals surface area contributed by atoms with Gasteiger partial charge in [0.2, 0.25) is 12.7 Å². The fraction of sp³-hybridized carbons (Fsp3) is 0.375. The van der Waals surface area contributed by atoms with E-state index < -0.39 is 6.36 Å². The number of ether oxygens (including phenoxy) is 3. The van der Waals surface area contributed by atoms with Crippen LogP contribution in [-0.4, -0.2) is 36.1 Å². The standard InChI is InChI=1S/C24H23F3N2O4/c1-15-20(28-23(32-15)18-4-7-21-22(12-18)31-14-30-21)13-29-10-8-17(9-11-29)16-2-5-19(6-3-16)33-24(25,26)27/h2-7,12,17H,8-11,13-14H2,1H3. The summed E-state index contributed by atoms with van der Waals surface area (Å²) in [5.74, 6) is 2.85. The normalized spacial score (nSPS) is 16.8. The minimum atomic E-state index is -4.67. The average Bonchev–Trinajstić information content (AvgIpc) is 3.40. The molecule has 6 nitrogen and oxygen atoms in total. The molecule has 0 amide bonds. The van der Waals surface area contributed by atoms with E-state index >= 15 is 0 Å². The molecule has 9 heteroatoms. The van der Waals surface area contributed by atoms with Crippen LogP contribution in [0.2, 0.25) is 0 Å². The van der Waals surface area contributed by atoms with Crippen molar-refractivity contribution in [2.24, 2.45) is 0 Å². The summed E-state index contributed by atoms with van der Waals surface area (Å²) < 4.78 is 57.7. The van der Waals surface area contributed by atoms with Crippen molar-refractivity contribution in [3.05, 3.63) is 59.5 Å². The first-order valence-corrected chi connectivity index (χ1v) is 10.8. The molecule has 1 saturated heterocycles. The number of aromatic nitrogens is 1. The van der Waals surface area contributed by atoms with Crippen molar-refractivity contribution in [3.63, 3.8) is 0 Å². The van der Waals surface area contributed by atoms with E-state index in [1.807, 2.05) is 25.1 Å². The zero-order chi connectivity index (χ0) is 23.0. The fourth-order valence-electron chi connectivity index (χ4n) is 4.31. The van der Waals surface area contributed by atoms with E-state index in [1.165, 1.54) is 12.1 Å². The molecule has 5 rings (SSSR count). The Hall–Kier alpha value is -3.20. The lowest BCUT2D eigenvalue weighted by Gasteiger charge is -2.31. The highest BCUT2D eigenvalue weighted by molar-refractivity contribution is 5.60. The van der Waals surface area contributed by atoms with E-state index in [1.54, 1.807) is 12.1 Å². The highest BCUT2D eigenvalue weighted by Gasteiger charge is 2.31. The molecule has 0 aliphatic carbocycles. The van der Waals surface area contributed by atoms with Gasteiger partial charge in [0.25, 0.3) is 0 Å². The summed E-state index contributed by atoms with van der Waals surface area (Å²) in [6, 6.07) is 11.8. The summed E-state index contributed by atoms with van der Waals surface area (Å²) in [5, 5.41) is 0. The first kappa shape index (κ1) is 21.6. The minimum Gasteiger partial charge on any atom is -0.454 e. The molecule has 1 aromatic heterocycles. The van der Waals surface area contributed by atoms with Gasteiger partial charge in [-0.2, -0.15) is 0 Å². The van der Waals surface area contributed by atoms with Crippen LogP contribution in [0.4, 0.5) is 13.2 Å². The smallest absolute Gasteiger partial charge is 0.454 e. The van der Waals surface area contributed by atoms with Gasteiger partial charge in [0.15, 0.2) is 11.5 Å². The number of piperidine rings is 1. The van der Waals surface area contributed by atoms with Crippen LogP contribution in [0.5, 0.6) is 17.2 Å². The quantitative estimate of drug-likeness (QED) is 0.490. The van der Waals surface area contributed by atoms with E-state index in [0.29, 0.717) is 29.9 Å². The molecule has 1 fully saturated rings. The average molecular weight is 460 g/mol. The Morgan fingerprint density at radius 2 is 1.76 bits per heavy atom. The highest BCUT2D eigenvalue weighted by atomic mass is 19.4. The number of aryl methyl sites for hydroxylation is 1. The summed E-state index contributed by atoms with van der Waals surface area (Å²) in [5.41, 5.74) is 2.77. The van der Waals surface area contributed by atoms with Gasteiger partial charge in [0.1, 0.15) is 11.5 Å². The fourth-order valence-corrected chi connectivity index (χ4v) is 4.31. The number of rotatable bonds is 5. The van der Waals surface area contributed by atoms with Crippen molar-refractivity contribution in [2.45, 2.75) is 38.6 Å². The maximum Gasteiger partial charge on any atom is 0.573 e. The maximum absolute atomic E-state index is 12.3. The Bertz CT molecular complexity index is 1120. The predicted molar refractivity (Wildman–Crippen MR) is 113 cm³/mol. The van der Waals surface area contributed by atoms with E-state index in [9.17, 15) is 13.2 Å². The van der Waals surface area contributed by atoms with Crippen molar-refractivity contribution < 1.29 is 31.8 Å². The van der Waals surface area contributed by atoms with Crippen molar-refractivity contribution in [2.75, 3.05) is 19.9 Å². The van der Waals surface area contributed by atoms with Crippen LogP contribution in [0.15, 0.2) is 46.9 Å². The Morgan fingerprint density at radius 1 is 1.03 bits per heavy atom. The molecule has 0 bridgehead atoms. The van der Waals surface area contributed by atoms with Crippen LogP contribution in [-0.2, 0) is 6.54 Å². The molecule has 0 radical (unpaired) electrons. The van der Waals surface area contributed by atoms with Crippen LogP contribution in [0.3, 0.4) is 0 Å². The summed E-state index contributed by atoms with van der Waals surface area (Å²) in [6.07, 6.45) is -2.83. The van der Waals surface area contributed by atoms with Gasteiger partial charge in [-0.15, -0.1) is 13.2 Å². The molecule has 3 aromatic rings. The number of hydrogen-bond donors (Lipinski definition) is 0. The van der Waals surface area contributed by atoms with E-state index in [0.717, 1.165) is 48.5 Å². The van der Waals surface area contributed by atoms with Crippen LogP contribution in [0, 0.1) is 6.92 Å². The van der Waals surface area contributed by atoms with Gasteiger partial charge < -0.3 is 18.6 Å². The molecule has 0 spiro atoms. The van der Waals surface area contributed by atoms with Crippen molar-refractivity contribution in [3.8, 4) is 28.7 Å². The summed E-state index contributed by atoms with van der Waals surface area (Å²) in [6.45, 7) is 4.56. The van der Waals surface area contributed by atoms with Gasteiger partial charge in [0.05, 0.1) is 5.69 Å². The molecule has 174 valence electrons. The molecule has 0 saturated carbocycles. The zero-order valence-electron chi connectivity index (χ0n) is 18.0. The van der Waals surface area contributed by atoms with Gasteiger partial charge in [0, 0.05) is 12.1 Å². The lowest BCUT2D eigenvalue weighted by atomic mass is 9.89. The third kappa shape index (κ3) is 4.93. The number of likely N-dealkylation sites (tertiary alicyclic amines) is 1. The largest absolute Gasteiger partial charge is 0.573 e. The second kappa shape index (κ2) is 8.62. The molecule has 2 aliphatic rings. The van der Waals surface area contributed by atoms with Crippen molar-refractivity contribution in [1.29, 1.82) is 0 Å². The van der Waals surface area contributed by atoms with Gasteiger partial charge in [-0.05, 0) is 74.7 Å². The lowest BCUT2D eigenvalue weighted by molar-refractivity contribution is -0.274. The van der Waals surface area contributed by atoms with Crippen molar-refractivity contribution in [1.82, 2.24) is 9.88 Å². The monoisotopic (exact) mass is 460 g/mol. The molecule has 2 aromatic carbocycles. The number of hydrogen-bond acceptors (Lipinski definition) is 6. The molecule has 2 aliphatic heterocycles. The molecule has 3 heterocycles. The first-order chi connectivity index (χ1) is 15.8. The van der Waals surface area contributed by atoms with Gasteiger partial charge in [-0.3, -0.25) is 4.90 Å². The number of alkyl halides is 3. The zero-order valence-corrected chi connectivity index (χ0v) is 18.0. The molecule has 0 atom stereocenters. The van der Waals surface area contributed by atoms with Gasteiger partial charge >= 0.3 is 6.36 Å². The minimum absolute atomic E-state index is 0.191. The van der Waals surface area contributed by atoms with E-state index in [2.05, 4.69) is 9.64 Å². The number of fused-ring (bicyclic) bond motifs is 1. The van der Waals surface area contributed by atoms with Crippen molar-refractivity contribution >= 4 is 0 Å². The number of halogens is 3. The summed E-state index contributed by atoms with van der Waals surface area (Å²) >= 11 is 0. The second-order valence-electron chi connectivity index (χ2n) is 8.26. The lowest BCUT2D eigenvalue weighted by Crippen LogP contribution is -2.32. The molecular weight excluding hydrogens is 437 g/mol. The van der Waals surface area contributed by atoms with Crippen LogP contribution < -0.4 is 14.2 Å². The molecular formula is C24H23F3N2O4. The highest BCUT2D eigenvalue weighted by Crippen LogP contribution is 2.36. The first-order valence-electron chi connectivity index (χ1n) is 10.8. The Kier molecular flexibility index (Phi) is 5.65. The maximum atomic E-state index is 12.3. The van der Waals surface area contributed by atoms with E-state index in [4.69, 9.17) is 18.9 Å². The van der Waals surface area contributed by atoms with Crippen LogP contribution in [0.1, 0.15) is 35.8 Å². The van der Waals surface area contributed by atoms with E-state index in [-0.39, 0.29) is 12.5 Å². The number of benzene rings is 2. The number of oxazole rings is 1. The van der Waals surface area contributed by atoms with Gasteiger partial charge in [-0.1, -0.05) is 12.1 Å². The third-order valence-corrected chi connectivity index (χ3v) is 6.06. The third-order valence-electron chi connectivity index (χ3n) is 6.06. The topological polar surface area (TPSA) is 57.0 Å². The Morgan fingerprint density at radius 3 is 2.48 bits per heavy atom. The molecule has 0 unspecified atom stereocenters. The van der Waals surface area contributed by atoms with Crippen LogP contribution in [0.25, 0.3) is 11.5 Å². The molecule has 33 heavy (non-hydrogen) atoms. The SMILES string of the molecule is Cc1oc(-c2ccc3c(c2)OCO3)nc1CN1CCC(c2ccc(OC(F)(F)F)cc2)CC1. The number of nitrogens with zero attached hydrogens (tertiary/aromatic N) is 2. The Labute approximate surface area is 188 Å². The predicted octanol–water partition coefficient (Wildman–Crippen LogP) is 5.66. The molecule has 0 N–H and O–H groups in total. The van der Waals surface area contributed by atoms with Crippen LogP contribution >= 0.6 is 0 Å². The second-order valence-corrected chi connectivity index (χ2v) is 8.26. The summed E-state index contributed by atoms with van der Waals surface area (Å²) in [7, 11) is 0. The Balaban J connectivity index is 1.19.